The van der Waals surface area contributed by atoms with Gasteiger partial charge in [0, 0.05) is 31.7 Å². The minimum atomic E-state index is -0.530. The lowest BCUT2D eigenvalue weighted by molar-refractivity contribution is -0.122. The Balaban J connectivity index is 0.00000484. The van der Waals surface area contributed by atoms with Crippen LogP contribution in [0, 0.1) is 12.8 Å². The molecular formula is C30H47N7O4S. The summed E-state index contributed by atoms with van der Waals surface area (Å²) in [4.78, 5) is 32.0. The van der Waals surface area contributed by atoms with Gasteiger partial charge in [0.2, 0.25) is 5.65 Å². The third kappa shape index (κ3) is 8.25. The zero-order valence-corrected chi connectivity index (χ0v) is 26.8. The van der Waals surface area contributed by atoms with E-state index in [2.05, 4.69) is 57.8 Å². The molecule has 12 heteroatoms. The second-order valence-electron chi connectivity index (χ2n) is 11.4. The fourth-order valence-electron chi connectivity index (χ4n) is 5.41. The van der Waals surface area contributed by atoms with Crippen LogP contribution in [0.1, 0.15) is 72.5 Å². The zero-order valence-electron chi connectivity index (χ0n) is 25.8. The van der Waals surface area contributed by atoms with Gasteiger partial charge < -0.3 is 25.0 Å². The summed E-state index contributed by atoms with van der Waals surface area (Å²) in [6, 6.07) is 5.83. The van der Waals surface area contributed by atoms with E-state index in [0.717, 1.165) is 61.3 Å². The molecule has 1 aliphatic heterocycles. The number of aromatic nitrogens is 4. The van der Waals surface area contributed by atoms with Gasteiger partial charge in [-0.2, -0.15) is 13.5 Å². The van der Waals surface area contributed by atoms with Gasteiger partial charge in [0.05, 0.1) is 35.9 Å². The van der Waals surface area contributed by atoms with Crippen LogP contribution in [-0.2, 0) is 14.3 Å². The van der Waals surface area contributed by atoms with Gasteiger partial charge in [-0.05, 0) is 64.2 Å². The second kappa shape index (κ2) is 15.4. The number of carbonyl (C=O) groups excluding carboxylic acids is 2. The number of alkyl carbamates (subject to hydrolysis) is 1. The highest BCUT2D eigenvalue weighted by molar-refractivity contribution is 7.59. The molecule has 1 aliphatic rings. The SMILES string of the molecule is CCCOC(=O)N[C@H](C(=O)CCCCCNc1nc2cc(N3C[C@@H](C)O[C@@H](C)C3)ccc2n2c(C)nnc12)C(C)C.S. The van der Waals surface area contributed by atoms with Gasteiger partial charge in [-0.15, -0.1) is 10.2 Å². The van der Waals surface area contributed by atoms with E-state index in [0.29, 0.717) is 31.0 Å². The van der Waals surface area contributed by atoms with Crippen molar-refractivity contribution in [2.24, 2.45) is 5.92 Å². The number of ketones is 1. The number of hydrogen-bond donors (Lipinski definition) is 2. The molecule has 1 amide bonds. The molecule has 0 spiro atoms. The highest BCUT2D eigenvalue weighted by atomic mass is 32.1. The lowest BCUT2D eigenvalue weighted by atomic mass is 9.96. The largest absolute Gasteiger partial charge is 0.450 e. The Hall–Kier alpha value is -3.12. The van der Waals surface area contributed by atoms with Crippen LogP contribution in [0.2, 0.25) is 0 Å². The number of nitrogens with one attached hydrogen (secondary N) is 2. The molecule has 11 nitrogen and oxygen atoms in total. The summed E-state index contributed by atoms with van der Waals surface area (Å²) in [5.41, 5.74) is 3.67. The van der Waals surface area contributed by atoms with Crippen LogP contribution >= 0.6 is 13.5 Å². The van der Waals surface area contributed by atoms with Gasteiger partial charge in [-0.1, -0.05) is 27.2 Å². The van der Waals surface area contributed by atoms with Gasteiger partial charge >= 0.3 is 6.09 Å². The second-order valence-corrected chi connectivity index (χ2v) is 11.4. The van der Waals surface area contributed by atoms with Crippen LogP contribution in [0.3, 0.4) is 0 Å². The molecule has 0 saturated carbocycles. The van der Waals surface area contributed by atoms with E-state index in [-0.39, 0.29) is 37.4 Å². The van der Waals surface area contributed by atoms with Gasteiger partial charge in [0.1, 0.15) is 5.82 Å². The number of anilines is 2. The highest BCUT2D eigenvalue weighted by Crippen LogP contribution is 2.27. The number of ether oxygens (including phenoxy) is 2. The third-order valence-electron chi connectivity index (χ3n) is 7.37. The number of morpholine rings is 1. The Morgan fingerprint density at radius 1 is 1.12 bits per heavy atom. The Morgan fingerprint density at radius 2 is 1.86 bits per heavy atom. The fraction of sp³-hybridized carbons (Fsp3) is 0.633. The van der Waals surface area contributed by atoms with Crippen molar-refractivity contribution < 1.29 is 19.1 Å². The predicted molar refractivity (Wildman–Crippen MR) is 171 cm³/mol. The maximum Gasteiger partial charge on any atom is 0.407 e. The molecule has 2 N–H and O–H groups in total. The Kier molecular flexibility index (Phi) is 12.2. The molecule has 0 bridgehead atoms. The van der Waals surface area contributed by atoms with Gasteiger partial charge in [-0.3, -0.25) is 9.20 Å². The quantitative estimate of drug-likeness (QED) is 0.260. The van der Waals surface area contributed by atoms with E-state index in [1.165, 1.54) is 0 Å². The van der Waals surface area contributed by atoms with Crippen LogP contribution in [-0.4, -0.2) is 75.9 Å². The number of benzene rings is 1. The van der Waals surface area contributed by atoms with Crippen LogP contribution < -0.4 is 15.5 Å². The number of unbranched alkanes of at least 4 members (excludes halogenated alkanes) is 2. The molecule has 3 aromatic rings. The highest BCUT2D eigenvalue weighted by Gasteiger charge is 2.25. The number of amides is 1. The number of nitrogens with zero attached hydrogens (tertiary/aromatic N) is 5. The minimum absolute atomic E-state index is 0. The van der Waals surface area contributed by atoms with Crippen molar-refractivity contribution >= 4 is 53.6 Å². The molecular weight excluding hydrogens is 554 g/mol. The molecule has 3 atom stereocenters. The first-order chi connectivity index (χ1) is 19.7. The smallest absolute Gasteiger partial charge is 0.407 e. The van der Waals surface area contributed by atoms with Crippen molar-refractivity contribution in [3.8, 4) is 0 Å². The normalized spacial score (nSPS) is 17.7. The molecule has 1 saturated heterocycles. The monoisotopic (exact) mass is 601 g/mol. The molecule has 1 aromatic carbocycles. The van der Waals surface area contributed by atoms with E-state index in [1.807, 2.05) is 32.1 Å². The molecule has 1 fully saturated rings. The van der Waals surface area contributed by atoms with Crippen LogP contribution in [0.5, 0.6) is 0 Å². The molecule has 4 rings (SSSR count). The molecule has 3 heterocycles. The van der Waals surface area contributed by atoms with Gasteiger partial charge in [0.15, 0.2) is 11.6 Å². The van der Waals surface area contributed by atoms with E-state index < -0.39 is 12.1 Å². The summed E-state index contributed by atoms with van der Waals surface area (Å²) in [7, 11) is 0. The number of rotatable bonds is 13. The van der Waals surface area contributed by atoms with E-state index in [4.69, 9.17) is 14.5 Å². The number of hydrogen-bond acceptors (Lipinski definition) is 9. The number of aryl methyl sites for hydroxylation is 1. The summed E-state index contributed by atoms with van der Waals surface area (Å²) >= 11 is 0. The topological polar surface area (TPSA) is 123 Å². The van der Waals surface area contributed by atoms with Crippen molar-refractivity contribution in [2.75, 3.05) is 36.5 Å². The molecule has 0 radical (unpaired) electrons. The number of fused-ring (bicyclic) bond motifs is 3. The average molecular weight is 602 g/mol. The zero-order chi connectivity index (χ0) is 29.5. The molecule has 0 aliphatic carbocycles. The van der Waals surface area contributed by atoms with E-state index >= 15 is 0 Å². The van der Waals surface area contributed by atoms with Crippen molar-refractivity contribution in [1.29, 1.82) is 0 Å². The van der Waals surface area contributed by atoms with Crippen LogP contribution in [0.15, 0.2) is 18.2 Å². The Labute approximate surface area is 255 Å². The average Bonchev–Trinajstić information content (AvgIpc) is 3.33. The molecule has 42 heavy (non-hydrogen) atoms. The predicted octanol–water partition coefficient (Wildman–Crippen LogP) is 5.01. The first-order valence-electron chi connectivity index (χ1n) is 14.9. The van der Waals surface area contributed by atoms with Crippen LogP contribution in [0.4, 0.5) is 16.3 Å². The third-order valence-corrected chi connectivity index (χ3v) is 7.37. The van der Waals surface area contributed by atoms with Crippen molar-refractivity contribution in [1.82, 2.24) is 24.9 Å². The summed E-state index contributed by atoms with van der Waals surface area (Å²) in [6.07, 6.45) is 3.47. The molecule has 2 aromatic heterocycles. The van der Waals surface area contributed by atoms with Gasteiger partial charge in [0.25, 0.3) is 0 Å². The summed E-state index contributed by atoms with van der Waals surface area (Å²) in [5.74, 6) is 1.55. The Morgan fingerprint density at radius 3 is 2.55 bits per heavy atom. The minimum Gasteiger partial charge on any atom is -0.450 e. The number of Topliss-reactive ketones (excluding diaryl/α,β-unsaturated/α-hetero) is 1. The molecule has 232 valence electrons. The summed E-state index contributed by atoms with van der Waals surface area (Å²) in [5, 5.41) is 14.9. The van der Waals surface area contributed by atoms with E-state index in [9.17, 15) is 9.59 Å². The lowest BCUT2D eigenvalue weighted by Gasteiger charge is -2.36. The Bertz CT molecular complexity index is 1340. The first kappa shape index (κ1) is 33.4. The van der Waals surface area contributed by atoms with Crippen molar-refractivity contribution in [3.63, 3.8) is 0 Å². The standard InChI is InChI=1S/C30H45N7O4.H2S/c1-7-15-40-30(39)33-27(19(2)3)26(38)11-9-8-10-14-31-28-29-35-34-22(6)37(29)25-13-12-23(16-24(25)32-28)36-17-20(4)41-21(5)18-36;/h12-13,16,19-21,27H,7-11,14-15,17-18H2,1-6H3,(H,31,32)(H,33,39);1H2/t20-,21+,27-;/m0./s1. The summed E-state index contributed by atoms with van der Waals surface area (Å²) < 4.78 is 13.0. The lowest BCUT2D eigenvalue weighted by Crippen LogP contribution is -2.45. The maximum atomic E-state index is 12.8. The summed E-state index contributed by atoms with van der Waals surface area (Å²) in [6.45, 7) is 14.7. The van der Waals surface area contributed by atoms with Crippen LogP contribution in [0.25, 0.3) is 16.7 Å². The van der Waals surface area contributed by atoms with E-state index in [1.54, 1.807) is 0 Å². The van der Waals surface area contributed by atoms with Crippen molar-refractivity contribution in [3.05, 3.63) is 24.0 Å². The first-order valence-corrected chi connectivity index (χ1v) is 14.9. The number of carbonyl (C=O) groups is 2. The molecule has 0 unspecified atom stereocenters. The fourth-order valence-corrected chi connectivity index (χ4v) is 5.41. The van der Waals surface area contributed by atoms with Crippen molar-refractivity contribution in [2.45, 2.75) is 91.9 Å². The van der Waals surface area contributed by atoms with Gasteiger partial charge in [-0.25, -0.2) is 9.78 Å². The maximum absolute atomic E-state index is 12.8.